The number of carbonyl (C=O) groups is 3. The van der Waals surface area contributed by atoms with Gasteiger partial charge in [-0.25, -0.2) is 10.3 Å². The summed E-state index contributed by atoms with van der Waals surface area (Å²) >= 11 is 6.49. The minimum absolute atomic E-state index is 0.292. The highest BCUT2D eigenvalue weighted by Crippen LogP contribution is 2.63. The van der Waals surface area contributed by atoms with Gasteiger partial charge in [0, 0.05) is 17.8 Å². The van der Waals surface area contributed by atoms with E-state index in [0.717, 1.165) is 22.3 Å². The third-order valence-electron chi connectivity index (χ3n) is 8.42. The Labute approximate surface area is 235 Å². The molecule has 4 aliphatic rings. The van der Waals surface area contributed by atoms with Crippen LogP contribution in [0.5, 0.6) is 0 Å². The first-order valence-electron chi connectivity index (χ1n) is 13.0. The van der Waals surface area contributed by atoms with Gasteiger partial charge in [-0.3, -0.25) is 14.4 Å². The van der Waals surface area contributed by atoms with Crippen molar-refractivity contribution in [2.75, 3.05) is 10.6 Å². The number of rotatable bonds is 4. The lowest BCUT2D eigenvalue weighted by atomic mass is 9.47. The van der Waals surface area contributed by atoms with Crippen molar-refractivity contribution in [2.45, 2.75) is 11.3 Å². The van der Waals surface area contributed by atoms with E-state index in [0.29, 0.717) is 22.0 Å². The molecule has 2 bridgehead atoms. The van der Waals surface area contributed by atoms with Crippen LogP contribution in [0, 0.1) is 11.8 Å². The van der Waals surface area contributed by atoms with Crippen molar-refractivity contribution in [3.8, 4) is 0 Å². The molecule has 2 atom stereocenters. The average molecular weight is 547 g/mol. The van der Waals surface area contributed by atoms with E-state index in [4.69, 9.17) is 17.3 Å². The van der Waals surface area contributed by atoms with Crippen molar-refractivity contribution in [1.29, 1.82) is 0 Å². The van der Waals surface area contributed by atoms with Crippen molar-refractivity contribution in [3.63, 3.8) is 0 Å². The number of hydrogen-bond donors (Lipinski definition) is 2. The molecule has 0 radical (unpaired) electrons. The van der Waals surface area contributed by atoms with Gasteiger partial charge >= 0.3 is 0 Å². The quantitative estimate of drug-likeness (QED) is 0.164. The fourth-order valence-corrected chi connectivity index (χ4v) is 7.10. The van der Waals surface area contributed by atoms with Crippen molar-refractivity contribution in [3.05, 3.63) is 130 Å². The van der Waals surface area contributed by atoms with E-state index in [1.807, 2.05) is 48.5 Å². The molecule has 4 aromatic carbocycles. The van der Waals surface area contributed by atoms with E-state index in [1.54, 1.807) is 54.7 Å². The molecule has 8 rings (SSSR count). The van der Waals surface area contributed by atoms with E-state index in [1.165, 1.54) is 4.90 Å². The standard InChI is InChI=1S/C32H23ClN4O3/c33-23-14-6-8-16-25(23)37-30(39)27-26-18-9-1-4-12-21(18)32(28(27)31(37)40,22-13-5-2-10-19(22)26)17-35-36-29(38)20-11-3-7-15-24(20)34/h1-17,26-28H,34H2,(H,36,38)/b35-17-/t26?,27-,28+,32?/m1/s1. The number of hydrogen-bond acceptors (Lipinski definition) is 5. The predicted octanol–water partition coefficient (Wildman–Crippen LogP) is 4.89. The van der Waals surface area contributed by atoms with Gasteiger partial charge < -0.3 is 5.73 Å². The average Bonchev–Trinajstić information content (AvgIpc) is 3.24. The SMILES string of the molecule is Nc1ccccc1C(=O)N/N=C\C12c3ccccc3C(c3ccccc31)[C@H]1C(=O)N(c3ccccc3Cl)C(=O)[C@H]12. The molecular formula is C32H23ClN4O3. The van der Waals surface area contributed by atoms with Crippen LogP contribution < -0.4 is 16.1 Å². The molecule has 8 heteroatoms. The smallest absolute Gasteiger partial charge is 0.273 e. The number of nitrogens with zero attached hydrogens (tertiary/aromatic N) is 2. The van der Waals surface area contributed by atoms with Crippen LogP contribution in [0.1, 0.15) is 38.5 Å². The molecule has 7 nitrogen and oxygen atoms in total. The van der Waals surface area contributed by atoms with Crippen LogP contribution in [-0.2, 0) is 15.0 Å². The Kier molecular flexibility index (Phi) is 5.40. The van der Waals surface area contributed by atoms with Crippen LogP contribution in [-0.4, -0.2) is 23.9 Å². The van der Waals surface area contributed by atoms with Crippen LogP contribution >= 0.6 is 11.6 Å². The van der Waals surface area contributed by atoms with Crippen molar-refractivity contribution >= 4 is 46.9 Å². The molecular weight excluding hydrogens is 524 g/mol. The van der Waals surface area contributed by atoms with Crippen LogP contribution in [0.4, 0.5) is 11.4 Å². The summed E-state index contributed by atoms with van der Waals surface area (Å²) < 4.78 is 0. The summed E-state index contributed by atoms with van der Waals surface area (Å²) in [6.45, 7) is 0. The Balaban J connectivity index is 1.42. The van der Waals surface area contributed by atoms with Crippen LogP contribution in [0.3, 0.4) is 0 Å². The lowest BCUT2D eigenvalue weighted by Gasteiger charge is -2.52. The van der Waals surface area contributed by atoms with Gasteiger partial charge in [0.1, 0.15) is 0 Å². The summed E-state index contributed by atoms with van der Waals surface area (Å²) in [5, 5.41) is 4.74. The van der Waals surface area contributed by atoms with Gasteiger partial charge in [-0.1, -0.05) is 84.4 Å². The number of carbonyl (C=O) groups excluding carboxylic acids is 3. The van der Waals surface area contributed by atoms with Crippen LogP contribution in [0.25, 0.3) is 0 Å². The Morgan fingerprint density at radius 2 is 1.45 bits per heavy atom. The molecule has 196 valence electrons. The molecule has 0 spiro atoms. The third kappa shape index (κ3) is 3.18. The normalized spacial score (nSPS) is 24.1. The molecule has 1 heterocycles. The molecule has 3 amide bonds. The molecule has 3 aliphatic carbocycles. The topological polar surface area (TPSA) is 105 Å². The van der Waals surface area contributed by atoms with Crippen molar-refractivity contribution in [2.24, 2.45) is 16.9 Å². The first-order valence-corrected chi connectivity index (χ1v) is 13.3. The highest BCUT2D eigenvalue weighted by Gasteiger charge is 2.68. The number of imide groups is 1. The maximum Gasteiger partial charge on any atom is 0.273 e. The second-order valence-corrected chi connectivity index (χ2v) is 10.7. The van der Waals surface area contributed by atoms with Gasteiger partial charge in [0.15, 0.2) is 0 Å². The van der Waals surface area contributed by atoms with Gasteiger partial charge in [-0.15, -0.1) is 0 Å². The molecule has 3 N–H and O–H groups in total. The van der Waals surface area contributed by atoms with E-state index >= 15 is 0 Å². The number of nitrogens with one attached hydrogen (secondary N) is 1. The molecule has 1 fully saturated rings. The summed E-state index contributed by atoms with van der Waals surface area (Å²) in [7, 11) is 0. The van der Waals surface area contributed by atoms with Gasteiger partial charge in [0.2, 0.25) is 11.8 Å². The largest absolute Gasteiger partial charge is 0.398 e. The molecule has 0 unspecified atom stereocenters. The first-order chi connectivity index (χ1) is 19.4. The maximum absolute atomic E-state index is 14.4. The van der Waals surface area contributed by atoms with Crippen LogP contribution in [0.15, 0.2) is 102 Å². The van der Waals surface area contributed by atoms with Crippen LogP contribution in [0.2, 0.25) is 5.02 Å². The minimum atomic E-state index is -1.11. The maximum atomic E-state index is 14.4. The summed E-state index contributed by atoms with van der Waals surface area (Å²) in [5.74, 6) is -2.87. The second kappa shape index (κ2) is 8.89. The molecule has 4 aromatic rings. The Bertz CT molecular complexity index is 1720. The zero-order valence-electron chi connectivity index (χ0n) is 21.1. The highest BCUT2D eigenvalue weighted by molar-refractivity contribution is 6.36. The number of nitrogens with two attached hydrogens (primary N) is 1. The third-order valence-corrected chi connectivity index (χ3v) is 8.74. The number of nitrogen functional groups attached to an aromatic ring is 1. The summed E-state index contributed by atoms with van der Waals surface area (Å²) in [6.07, 6.45) is 1.62. The molecule has 40 heavy (non-hydrogen) atoms. The van der Waals surface area contributed by atoms with Gasteiger partial charge in [-0.05, 0) is 46.5 Å². The second-order valence-electron chi connectivity index (χ2n) is 10.3. The molecule has 1 saturated heterocycles. The Morgan fingerprint density at radius 1 is 0.850 bits per heavy atom. The summed E-state index contributed by atoms with van der Waals surface area (Å²) in [5.41, 5.74) is 12.2. The predicted molar refractivity (Wildman–Crippen MR) is 153 cm³/mol. The number of halogens is 1. The zero-order chi connectivity index (χ0) is 27.6. The molecule has 0 aromatic heterocycles. The molecule has 0 saturated carbocycles. The number of hydrazone groups is 1. The van der Waals surface area contributed by atoms with E-state index in [2.05, 4.69) is 10.5 Å². The van der Waals surface area contributed by atoms with E-state index in [-0.39, 0.29) is 17.7 Å². The van der Waals surface area contributed by atoms with Crippen molar-refractivity contribution in [1.82, 2.24) is 5.43 Å². The number of anilines is 2. The Morgan fingerprint density at radius 3 is 2.12 bits per heavy atom. The lowest BCUT2D eigenvalue weighted by molar-refractivity contribution is -0.122. The zero-order valence-corrected chi connectivity index (χ0v) is 21.9. The first kappa shape index (κ1) is 24.3. The summed E-state index contributed by atoms with van der Waals surface area (Å²) in [6, 6.07) is 29.3. The number of para-hydroxylation sites is 2. The fraction of sp³-hybridized carbons (Fsp3) is 0.125. The Hall–Kier alpha value is -4.75. The number of amides is 3. The summed E-state index contributed by atoms with van der Waals surface area (Å²) in [4.78, 5) is 42.7. The van der Waals surface area contributed by atoms with E-state index < -0.39 is 23.2 Å². The van der Waals surface area contributed by atoms with Gasteiger partial charge in [-0.2, -0.15) is 5.10 Å². The number of benzene rings is 4. The highest BCUT2D eigenvalue weighted by atomic mass is 35.5. The minimum Gasteiger partial charge on any atom is -0.398 e. The van der Waals surface area contributed by atoms with E-state index in [9.17, 15) is 14.4 Å². The van der Waals surface area contributed by atoms with Crippen molar-refractivity contribution < 1.29 is 14.4 Å². The molecule has 1 aliphatic heterocycles. The van der Waals surface area contributed by atoms with Gasteiger partial charge in [0.25, 0.3) is 5.91 Å². The lowest BCUT2D eigenvalue weighted by Crippen LogP contribution is -2.54. The monoisotopic (exact) mass is 546 g/mol. The fourth-order valence-electron chi connectivity index (χ4n) is 6.88. The van der Waals surface area contributed by atoms with Gasteiger partial charge in [0.05, 0.1) is 33.5 Å².